The van der Waals surface area contributed by atoms with Crippen LogP contribution in [0.4, 0.5) is 0 Å². The molecule has 0 unspecified atom stereocenters. The summed E-state index contributed by atoms with van der Waals surface area (Å²) >= 11 is 0. The maximum absolute atomic E-state index is 12.8. The fourth-order valence-electron chi connectivity index (χ4n) is 3.25. The number of rotatable bonds is 8. The van der Waals surface area contributed by atoms with Crippen molar-refractivity contribution in [3.05, 3.63) is 89.5 Å². The Bertz CT molecular complexity index is 1420. The summed E-state index contributed by atoms with van der Waals surface area (Å²) in [7, 11) is 0. The summed E-state index contributed by atoms with van der Waals surface area (Å²) < 4.78 is 13.6. The van der Waals surface area contributed by atoms with E-state index in [0.717, 1.165) is 36.4 Å². The monoisotopic (exact) mass is 552 g/mol. The van der Waals surface area contributed by atoms with E-state index >= 15 is 0 Å². The minimum absolute atomic E-state index is 0.440. The van der Waals surface area contributed by atoms with Crippen molar-refractivity contribution < 1.29 is 63.4 Å². The van der Waals surface area contributed by atoms with Gasteiger partial charge < -0.3 is 34.6 Å². The Balaban J connectivity index is 1.81. The van der Waals surface area contributed by atoms with Gasteiger partial charge in [-0.1, -0.05) is 36.4 Å². The molecule has 206 valence electrons. The molecular weight excluding hydrogens is 532 g/mol. The van der Waals surface area contributed by atoms with Gasteiger partial charge in [0.05, 0.1) is 12.8 Å². The molecule has 0 aromatic heterocycles. The molecule has 0 aliphatic carbocycles. The molecule has 0 amide bonds. The standard InChI is InChI=1S/C27H20O13/c28-18-10-4-1-7-15(18)23(33)38-21(31)13-27(37,26(36)40-25(35)17-9-3-6-12-20(17)30)14-22(32)39-24(34)16-8-2-5-11-19(16)29/h1-12,28-30,37H,13-14H2. The molecular formula is C27H20O13. The van der Waals surface area contributed by atoms with Crippen LogP contribution in [-0.2, 0) is 28.6 Å². The predicted octanol–water partition coefficient (Wildman–Crippen LogP) is 1.77. The van der Waals surface area contributed by atoms with Gasteiger partial charge in [-0.2, -0.15) is 0 Å². The van der Waals surface area contributed by atoms with Crippen LogP contribution in [0.5, 0.6) is 17.2 Å². The third-order valence-electron chi connectivity index (χ3n) is 5.22. The highest BCUT2D eigenvalue weighted by Crippen LogP contribution is 2.25. The van der Waals surface area contributed by atoms with Crippen LogP contribution in [0.3, 0.4) is 0 Å². The predicted molar refractivity (Wildman–Crippen MR) is 130 cm³/mol. The lowest BCUT2D eigenvalue weighted by atomic mass is 9.95. The average Bonchev–Trinajstić information content (AvgIpc) is 2.88. The Kier molecular flexibility index (Phi) is 8.93. The Hall–Kier alpha value is -5.56. The van der Waals surface area contributed by atoms with Gasteiger partial charge in [-0.3, -0.25) is 9.59 Å². The molecule has 0 aliphatic heterocycles. The number of esters is 6. The van der Waals surface area contributed by atoms with Gasteiger partial charge in [-0.05, 0) is 36.4 Å². The molecule has 0 bridgehead atoms. The Morgan fingerprint density at radius 3 is 1.15 bits per heavy atom. The van der Waals surface area contributed by atoms with Crippen molar-refractivity contribution >= 4 is 35.8 Å². The van der Waals surface area contributed by atoms with E-state index in [2.05, 4.69) is 14.2 Å². The molecule has 40 heavy (non-hydrogen) atoms. The summed E-state index contributed by atoms with van der Waals surface area (Å²) in [4.78, 5) is 74.6. The van der Waals surface area contributed by atoms with E-state index in [1.54, 1.807) is 0 Å². The number of carbonyl (C=O) groups is 6. The molecule has 0 saturated heterocycles. The first-order chi connectivity index (χ1) is 18.9. The third kappa shape index (κ3) is 7.05. The van der Waals surface area contributed by atoms with Crippen molar-refractivity contribution in [2.45, 2.75) is 18.4 Å². The summed E-state index contributed by atoms with van der Waals surface area (Å²) in [5.41, 5.74) is -4.62. The second-order valence-corrected chi connectivity index (χ2v) is 8.14. The fourth-order valence-corrected chi connectivity index (χ4v) is 3.25. The van der Waals surface area contributed by atoms with Gasteiger partial charge in [-0.15, -0.1) is 0 Å². The third-order valence-corrected chi connectivity index (χ3v) is 5.22. The van der Waals surface area contributed by atoms with Gasteiger partial charge in [0.25, 0.3) is 0 Å². The Morgan fingerprint density at radius 2 is 0.825 bits per heavy atom. The quantitative estimate of drug-likeness (QED) is 0.178. The van der Waals surface area contributed by atoms with E-state index in [0.29, 0.717) is 0 Å². The van der Waals surface area contributed by atoms with Crippen molar-refractivity contribution in [2.24, 2.45) is 0 Å². The highest BCUT2D eigenvalue weighted by atomic mass is 16.6. The summed E-state index contributed by atoms with van der Waals surface area (Å²) in [5.74, 6) is -11.0. The minimum Gasteiger partial charge on any atom is -0.507 e. The number of hydrogen-bond donors (Lipinski definition) is 4. The lowest BCUT2D eigenvalue weighted by Crippen LogP contribution is -2.46. The fraction of sp³-hybridized carbons (Fsp3) is 0.111. The molecule has 0 fully saturated rings. The number of carbonyl (C=O) groups excluding carboxylic acids is 6. The minimum atomic E-state index is -3.23. The Labute approximate surface area is 224 Å². The molecule has 0 spiro atoms. The van der Waals surface area contributed by atoms with Crippen LogP contribution in [0.15, 0.2) is 72.8 Å². The van der Waals surface area contributed by atoms with E-state index in [4.69, 9.17) is 0 Å². The number of phenolic OH excluding ortho intramolecular Hbond substituents is 3. The molecule has 13 heteroatoms. The van der Waals surface area contributed by atoms with Gasteiger partial charge in [0.2, 0.25) is 0 Å². The first-order valence-corrected chi connectivity index (χ1v) is 11.2. The number of hydrogen-bond acceptors (Lipinski definition) is 13. The van der Waals surface area contributed by atoms with Crippen LogP contribution in [0, 0.1) is 0 Å². The van der Waals surface area contributed by atoms with Crippen LogP contribution in [0.1, 0.15) is 43.9 Å². The number of aromatic hydroxyl groups is 3. The first kappa shape index (κ1) is 29.0. The van der Waals surface area contributed by atoms with E-state index in [9.17, 15) is 49.2 Å². The topological polar surface area (TPSA) is 211 Å². The maximum atomic E-state index is 12.8. The molecule has 0 aliphatic rings. The van der Waals surface area contributed by atoms with Gasteiger partial charge in [0.15, 0.2) is 5.60 Å². The largest absolute Gasteiger partial charge is 0.507 e. The highest BCUT2D eigenvalue weighted by Gasteiger charge is 2.45. The van der Waals surface area contributed by atoms with Crippen LogP contribution in [-0.4, -0.2) is 61.8 Å². The van der Waals surface area contributed by atoms with Crippen molar-refractivity contribution in [3.8, 4) is 17.2 Å². The molecule has 3 aromatic carbocycles. The molecule has 3 rings (SSSR count). The maximum Gasteiger partial charge on any atom is 0.349 e. The summed E-state index contributed by atoms with van der Waals surface area (Å²) in [6.45, 7) is 0. The van der Waals surface area contributed by atoms with Crippen molar-refractivity contribution in [3.63, 3.8) is 0 Å². The van der Waals surface area contributed by atoms with E-state index < -0.39 is 88.2 Å². The zero-order valence-electron chi connectivity index (χ0n) is 20.3. The van der Waals surface area contributed by atoms with Gasteiger partial charge in [0, 0.05) is 0 Å². The van der Waals surface area contributed by atoms with Crippen molar-refractivity contribution in [1.82, 2.24) is 0 Å². The number of para-hydroxylation sites is 3. The number of benzene rings is 3. The first-order valence-electron chi connectivity index (χ1n) is 11.2. The Morgan fingerprint density at radius 1 is 0.525 bits per heavy atom. The lowest BCUT2D eigenvalue weighted by Gasteiger charge is -2.23. The van der Waals surface area contributed by atoms with Crippen molar-refractivity contribution in [2.75, 3.05) is 0 Å². The van der Waals surface area contributed by atoms with Crippen LogP contribution in [0.25, 0.3) is 0 Å². The average molecular weight is 552 g/mol. The van der Waals surface area contributed by atoms with Crippen LogP contribution < -0.4 is 0 Å². The second-order valence-electron chi connectivity index (χ2n) is 8.14. The highest BCUT2D eigenvalue weighted by molar-refractivity contribution is 6.05. The summed E-state index contributed by atoms with van der Waals surface area (Å²) in [6, 6.07) is 14.8. The normalized spacial score (nSPS) is 10.7. The van der Waals surface area contributed by atoms with Gasteiger partial charge >= 0.3 is 35.8 Å². The zero-order valence-corrected chi connectivity index (χ0v) is 20.3. The summed E-state index contributed by atoms with van der Waals surface area (Å²) in [5, 5.41) is 40.3. The molecule has 13 nitrogen and oxygen atoms in total. The zero-order chi connectivity index (χ0) is 29.4. The lowest BCUT2D eigenvalue weighted by molar-refractivity contribution is -0.171. The molecule has 0 radical (unpaired) electrons. The van der Waals surface area contributed by atoms with Gasteiger partial charge in [-0.25, -0.2) is 19.2 Å². The molecule has 0 atom stereocenters. The van der Waals surface area contributed by atoms with E-state index in [1.807, 2.05) is 0 Å². The van der Waals surface area contributed by atoms with Crippen LogP contribution >= 0.6 is 0 Å². The van der Waals surface area contributed by atoms with Gasteiger partial charge in [0.1, 0.15) is 33.9 Å². The number of ether oxygens (including phenoxy) is 3. The van der Waals surface area contributed by atoms with Crippen LogP contribution in [0.2, 0.25) is 0 Å². The molecule has 0 saturated carbocycles. The van der Waals surface area contributed by atoms with E-state index in [1.165, 1.54) is 36.4 Å². The van der Waals surface area contributed by atoms with Crippen molar-refractivity contribution in [1.29, 1.82) is 0 Å². The number of phenols is 3. The smallest absolute Gasteiger partial charge is 0.349 e. The SMILES string of the molecule is O=C(CC(O)(CC(=O)OC(=O)c1ccccc1O)C(=O)OC(=O)c1ccccc1O)OC(=O)c1ccccc1O. The molecule has 0 heterocycles. The molecule has 4 N–H and O–H groups in total. The second kappa shape index (κ2) is 12.3. The number of aliphatic hydroxyl groups is 1. The van der Waals surface area contributed by atoms with E-state index in [-0.39, 0.29) is 0 Å². The summed E-state index contributed by atoms with van der Waals surface area (Å²) in [6.07, 6.45) is -2.92. The molecule has 3 aromatic rings.